The summed E-state index contributed by atoms with van der Waals surface area (Å²) in [4.78, 5) is 14.7. The van der Waals surface area contributed by atoms with Gasteiger partial charge in [0.25, 0.3) is 0 Å². The predicted molar refractivity (Wildman–Crippen MR) is 213 cm³/mol. The predicted octanol–water partition coefficient (Wildman–Crippen LogP) is 7.47. The molecule has 5 rings (SSSR count). The minimum atomic E-state index is -1.18. The topological polar surface area (TPSA) is 139 Å². The van der Waals surface area contributed by atoms with Crippen LogP contribution in [0.3, 0.4) is 0 Å². The zero-order chi connectivity index (χ0) is 38.0. The summed E-state index contributed by atoms with van der Waals surface area (Å²) in [5.41, 5.74) is 16.8. The van der Waals surface area contributed by atoms with Crippen LogP contribution in [0, 0.1) is 35.0 Å². The van der Waals surface area contributed by atoms with E-state index in [1.54, 1.807) is 0 Å². The molecule has 4 aliphatic rings. The molecule has 0 radical (unpaired) electrons. The van der Waals surface area contributed by atoms with Crippen molar-refractivity contribution < 1.29 is 24.9 Å². The SMILES string of the molecule is C=C1C=CC=C(C2CCC3(C(CCCO)C(=C(C(=O)Cc4cccc(C(N)N)c4)C4CCCCC4)CCC3(C)O)C2O)COCC#CCC(C)=CCC1. The lowest BCUT2D eigenvalue weighted by atomic mass is 9.52. The van der Waals surface area contributed by atoms with Crippen molar-refractivity contribution in [3.8, 4) is 11.8 Å². The number of ether oxygens (including phenoxy) is 1. The molecule has 1 spiro atoms. The molecule has 0 bridgehead atoms. The molecule has 0 aromatic heterocycles. The van der Waals surface area contributed by atoms with Gasteiger partial charge in [-0.25, -0.2) is 0 Å². The lowest BCUT2D eigenvalue weighted by Crippen LogP contribution is -2.59. The van der Waals surface area contributed by atoms with Gasteiger partial charge in [0.15, 0.2) is 5.78 Å². The van der Waals surface area contributed by atoms with Crippen LogP contribution in [0.2, 0.25) is 0 Å². The van der Waals surface area contributed by atoms with E-state index >= 15 is 0 Å². The number of carbonyl (C=O) groups excluding carboxylic acids is 1. The van der Waals surface area contributed by atoms with Gasteiger partial charge in [-0.1, -0.05) is 103 Å². The molecule has 3 saturated carbocycles. The number of aliphatic hydroxyl groups excluding tert-OH is 2. The Hall–Kier alpha value is -3.09. The minimum absolute atomic E-state index is 0.00409. The quantitative estimate of drug-likeness (QED) is 0.0771. The van der Waals surface area contributed by atoms with Gasteiger partial charge >= 0.3 is 0 Å². The maximum Gasteiger partial charge on any atom is 0.163 e. The van der Waals surface area contributed by atoms with Gasteiger partial charge in [0.1, 0.15) is 6.61 Å². The third-order valence-corrected chi connectivity index (χ3v) is 12.7. The summed E-state index contributed by atoms with van der Waals surface area (Å²) in [5.74, 6) is 6.10. The molecule has 3 aliphatic carbocycles. The molecule has 53 heavy (non-hydrogen) atoms. The molecule has 7 nitrogen and oxygen atoms in total. The van der Waals surface area contributed by atoms with E-state index in [2.05, 4.69) is 37.5 Å². The average molecular weight is 725 g/mol. The van der Waals surface area contributed by atoms with E-state index < -0.39 is 23.3 Å². The first-order chi connectivity index (χ1) is 25.5. The molecule has 7 N–H and O–H groups in total. The van der Waals surface area contributed by atoms with E-state index in [-0.39, 0.29) is 36.6 Å². The number of hydrogen-bond acceptors (Lipinski definition) is 7. The molecule has 5 atom stereocenters. The number of aliphatic hydroxyl groups is 3. The third-order valence-electron chi connectivity index (χ3n) is 12.7. The molecule has 0 amide bonds. The first-order valence-electron chi connectivity index (χ1n) is 20.1. The first kappa shape index (κ1) is 41.1. The van der Waals surface area contributed by atoms with Crippen molar-refractivity contribution in [1.29, 1.82) is 0 Å². The summed E-state index contributed by atoms with van der Waals surface area (Å²) in [6.45, 7) is 8.87. The summed E-state index contributed by atoms with van der Waals surface area (Å²) in [5, 5.41) is 35.4. The number of nitrogens with two attached hydrogens (primary N) is 2. The van der Waals surface area contributed by atoms with Crippen LogP contribution in [0.1, 0.15) is 121 Å². The maximum atomic E-state index is 14.7. The van der Waals surface area contributed by atoms with Crippen LogP contribution in [0.4, 0.5) is 0 Å². The number of allylic oxidation sites excluding steroid dienone is 8. The van der Waals surface area contributed by atoms with Crippen LogP contribution >= 0.6 is 0 Å². The Kier molecular flexibility index (Phi) is 14.7. The summed E-state index contributed by atoms with van der Waals surface area (Å²) in [6, 6.07) is 7.69. The highest BCUT2D eigenvalue weighted by atomic mass is 16.5. The zero-order valence-corrected chi connectivity index (χ0v) is 32.3. The van der Waals surface area contributed by atoms with Crippen LogP contribution in [0.25, 0.3) is 0 Å². The van der Waals surface area contributed by atoms with Gasteiger partial charge in [0.05, 0.1) is 24.5 Å². The fourth-order valence-corrected chi connectivity index (χ4v) is 9.91. The second-order valence-electron chi connectivity index (χ2n) is 16.3. The summed E-state index contributed by atoms with van der Waals surface area (Å²) in [7, 11) is 0. The van der Waals surface area contributed by atoms with Crippen molar-refractivity contribution in [2.24, 2.45) is 34.6 Å². The standard InChI is InChI=1S/C46H64N2O5/c1-32-13-7-8-28-53-31-37(21-10-16-33(2)15-9-14-32)38-24-26-46(43(38)51)40(22-12-27-49)39(23-25-45(46,3)52)42(35-18-5-4-6-19-35)41(50)30-34-17-11-20-36(29-34)44(47)48/h10-11,14,16-17,20-21,29,35,38,40,43-44,49,51-52H,2,4-6,9,12-13,15,18-19,22-28,30-31,47-48H2,1,3H3. The Bertz CT molecular complexity index is 1630. The molecule has 1 aliphatic heterocycles. The lowest BCUT2D eigenvalue weighted by Gasteiger charge is -2.56. The average Bonchev–Trinajstić information content (AvgIpc) is 3.47. The third kappa shape index (κ3) is 9.78. The zero-order valence-electron chi connectivity index (χ0n) is 32.3. The van der Waals surface area contributed by atoms with Crippen molar-refractivity contribution in [1.82, 2.24) is 0 Å². The molecule has 1 aromatic carbocycles. The van der Waals surface area contributed by atoms with Gasteiger partial charge in [0, 0.05) is 30.8 Å². The molecule has 1 heterocycles. The van der Waals surface area contributed by atoms with E-state index in [0.29, 0.717) is 58.2 Å². The van der Waals surface area contributed by atoms with Crippen LogP contribution in [-0.4, -0.2) is 52.6 Å². The Morgan fingerprint density at radius 1 is 1.11 bits per heavy atom. The molecular formula is C46H64N2O5. The van der Waals surface area contributed by atoms with Gasteiger partial charge in [-0.3, -0.25) is 4.79 Å². The Morgan fingerprint density at radius 2 is 1.91 bits per heavy atom. The summed E-state index contributed by atoms with van der Waals surface area (Å²) < 4.78 is 6.12. The van der Waals surface area contributed by atoms with Crippen molar-refractivity contribution >= 4 is 5.78 Å². The van der Waals surface area contributed by atoms with Gasteiger partial charge in [-0.2, -0.15) is 0 Å². The molecule has 0 saturated heterocycles. The molecular weight excluding hydrogens is 661 g/mol. The van der Waals surface area contributed by atoms with Crippen LogP contribution in [0.15, 0.2) is 83.0 Å². The van der Waals surface area contributed by atoms with E-state index in [9.17, 15) is 20.1 Å². The van der Waals surface area contributed by atoms with Gasteiger partial charge in [-0.05, 0) is 112 Å². The van der Waals surface area contributed by atoms with Crippen LogP contribution in [0.5, 0.6) is 0 Å². The number of carbonyl (C=O) groups is 1. The van der Waals surface area contributed by atoms with E-state index in [0.717, 1.165) is 78.4 Å². The normalized spacial score (nSPS) is 30.3. The van der Waals surface area contributed by atoms with Crippen molar-refractivity contribution in [3.05, 3.63) is 94.1 Å². The Balaban J connectivity index is 1.55. The number of ketones is 1. The first-order valence-corrected chi connectivity index (χ1v) is 20.1. The second kappa shape index (κ2) is 19.0. The van der Waals surface area contributed by atoms with Crippen molar-refractivity contribution in [3.63, 3.8) is 0 Å². The highest BCUT2D eigenvalue weighted by Gasteiger charge is 2.64. The van der Waals surface area contributed by atoms with Crippen LogP contribution in [-0.2, 0) is 16.0 Å². The number of Topliss-reactive ketones (excluding diaryl/α,β-unsaturated/α-hetero) is 1. The van der Waals surface area contributed by atoms with Crippen LogP contribution < -0.4 is 11.5 Å². The fraction of sp³-hybridized carbons (Fsp3) is 0.587. The van der Waals surface area contributed by atoms with Crippen molar-refractivity contribution in [2.45, 2.75) is 128 Å². The Labute approximate surface area is 318 Å². The summed E-state index contributed by atoms with van der Waals surface area (Å²) >= 11 is 0. The minimum Gasteiger partial charge on any atom is -0.396 e. The van der Waals surface area contributed by atoms with E-state index in [1.165, 1.54) is 5.57 Å². The number of rotatable bonds is 9. The summed E-state index contributed by atoms with van der Waals surface area (Å²) in [6.07, 6.45) is 18.2. The molecule has 288 valence electrons. The smallest absolute Gasteiger partial charge is 0.163 e. The van der Waals surface area contributed by atoms with Crippen molar-refractivity contribution in [2.75, 3.05) is 19.8 Å². The van der Waals surface area contributed by atoms with Gasteiger partial charge < -0.3 is 31.5 Å². The maximum absolute atomic E-state index is 14.7. The largest absolute Gasteiger partial charge is 0.396 e. The molecule has 7 heteroatoms. The molecule has 5 unspecified atom stereocenters. The fourth-order valence-electron chi connectivity index (χ4n) is 9.91. The number of benzene rings is 1. The van der Waals surface area contributed by atoms with Gasteiger partial charge in [0.2, 0.25) is 0 Å². The van der Waals surface area contributed by atoms with E-state index in [1.807, 2.05) is 43.3 Å². The lowest BCUT2D eigenvalue weighted by molar-refractivity contribution is -0.168. The number of hydrogen-bond donors (Lipinski definition) is 5. The highest BCUT2D eigenvalue weighted by Crippen LogP contribution is 2.63. The highest BCUT2D eigenvalue weighted by molar-refractivity contribution is 5.98. The van der Waals surface area contributed by atoms with E-state index in [4.69, 9.17) is 16.2 Å². The monoisotopic (exact) mass is 724 g/mol. The second-order valence-corrected chi connectivity index (χ2v) is 16.3. The Morgan fingerprint density at radius 3 is 2.66 bits per heavy atom. The molecule has 3 fully saturated rings. The van der Waals surface area contributed by atoms with Gasteiger partial charge in [-0.15, -0.1) is 0 Å². The molecule has 1 aromatic rings.